The van der Waals surface area contributed by atoms with Crippen molar-refractivity contribution in [3.05, 3.63) is 45.4 Å². The number of fused-ring (bicyclic) bond motifs is 3. The van der Waals surface area contributed by atoms with Crippen LogP contribution in [0.2, 0.25) is 0 Å². The number of nitrogens with zero attached hydrogens (tertiary/aromatic N) is 3. The van der Waals surface area contributed by atoms with Crippen LogP contribution >= 0.6 is 0 Å². The number of aromatic amines is 1. The minimum Gasteiger partial charge on any atom is -0.307 e. The zero-order valence-electron chi connectivity index (χ0n) is 12.2. The fourth-order valence-corrected chi connectivity index (χ4v) is 3.36. The first-order valence-corrected chi connectivity index (χ1v) is 7.70. The molecule has 0 aromatic carbocycles. The molecular formula is C17H16N4O. The Labute approximate surface area is 127 Å². The summed E-state index contributed by atoms with van der Waals surface area (Å²) in [5.74, 6) is 0. The van der Waals surface area contributed by atoms with Crippen molar-refractivity contribution in [2.45, 2.75) is 38.6 Å². The zero-order chi connectivity index (χ0) is 15.1. The van der Waals surface area contributed by atoms with Gasteiger partial charge in [0.05, 0.1) is 19.0 Å². The number of allylic oxidation sites excluding steroid dienone is 4. The van der Waals surface area contributed by atoms with Crippen molar-refractivity contribution in [1.82, 2.24) is 14.8 Å². The first kappa shape index (κ1) is 13.1. The third kappa shape index (κ3) is 1.84. The maximum atomic E-state index is 12.4. The second-order valence-electron chi connectivity index (χ2n) is 5.80. The summed E-state index contributed by atoms with van der Waals surface area (Å²) < 4.78 is 1.77. The monoisotopic (exact) mass is 292 g/mol. The van der Waals surface area contributed by atoms with Crippen LogP contribution < -0.4 is 5.56 Å². The zero-order valence-corrected chi connectivity index (χ0v) is 12.2. The van der Waals surface area contributed by atoms with Gasteiger partial charge >= 0.3 is 0 Å². The minimum absolute atomic E-state index is 0.00462. The van der Waals surface area contributed by atoms with Gasteiger partial charge < -0.3 is 4.98 Å². The van der Waals surface area contributed by atoms with E-state index in [0.717, 1.165) is 59.1 Å². The molecule has 5 heteroatoms. The summed E-state index contributed by atoms with van der Waals surface area (Å²) in [6, 6.07) is 2.14. The van der Waals surface area contributed by atoms with Crippen LogP contribution in [0.15, 0.2) is 23.0 Å². The number of rotatable bonds is 3. The van der Waals surface area contributed by atoms with Crippen LogP contribution in [0.4, 0.5) is 0 Å². The molecule has 0 unspecified atom stereocenters. The predicted octanol–water partition coefficient (Wildman–Crippen LogP) is 2.47. The van der Waals surface area contributed by atoms with E-state index in [9.17, 15) is 4.79 Å². The summed E-state index contributed by atoms with van der Waals surface area (Å²) in [7, 11) is 0. The van der Waals surface area contributed by atoms with E-state index in [1.807, 2.05) is 18.2 Å². The van der Waals surface area contributed by atoms with E-state index in [0.29, 0.717) is 13.0 Å². The quantitative estimate of drug-likeness (QED) is 0.944. The fourth-order valence-electron chi connectivity index (χ4n) is 3.36. The van der Waals surface area contributed by atoms with Crippen LogP contribution in [0.1, 0.15) is 36.1 Å². The van der Waals surface area contributed by atoms with Crippen LogP contribution in [0.5, 0.6) is 0 Å². The molecule has 0 atom stereocenters. The number of pyridine rings is 1. The Balaban J connectivity index is 2.01. The second kappa shape index (κ2) is 4.99. The number of H-pyrrole nitrogens is 1. The number of nitriles is 1. The molecule has 0 saturated heterocycles. The van der Waals surface area contributed by atoms with Gasteiger partial charge in [0.2, 0.25) is 0 Å². The highest BCUT2D eigenvalue weighted by Crippen LogP contribution is 2.33. The minimum atomic E-state index is 0.00462. The number of nitrogens with one attached hydrogen (secondary N) is 1. The lowest BCUT2D eigenvalue weighted by Crippen LogP contribution is -2.20. The lowest BCUT2D eigenvalue weighted by molar-refractivity contribution is 0.638. The molecule has 110 valence electrons. The van der Waals surface area contributed by atoms with E-state index in [4.69, 9.17) is 5.26 Å². The predicted molar refractivity (Wildman–Crippen MR) is 84.3 cm³/mol. The van der Waals surface area contributed by atoms with E-state index in [2.05, 4.69) is 16.2 Å². The molecule has 5 nitrogen and oxygen atoms in total. The summed E-state index contributed by atoms with van der Waals surface area (Å²) in [5, 5.41) is 14.6. The molecule has 0 bridgehead atoms. The van der Waals surface area contributed by atoms with Crippen LogP contribution in [-0.4, -0.2) is 14.8 Å². The molecule has 0 radical (unpaired) electrons. The Morgan fingerprint density at radius 1 is 1.32 bits per heavy atom. The van der Waals surface area contributed by atoms with Gasteiger partial charge in [-0.3, -0.25) is 4.79 Å². The number of hydrogen-bond acceptors (Lipinski definition) is 3. The SMILES string of the molecule is N#CCCn1nc(C2=CC=C2)c2c3c(c(=O)[nH]c21)CCCC3. The van der Waals surface area contributed by atoms with Gasteiger partial charge in [0.15, 0.2) is 0 Å². The van der Waals surface area contributed by atoms with Gasteiger partial charge in [-0.05, 0) is 31.2 Å². The Morgan fingerprint density at radius 3 is 2.77 bits per heavy atom. The number of aryl methyl sites for hydroxylation is 2. The Kier molecular flexibility index (Phi) is 2.97. The van der Waals surface area contributed by atoms with Gasteiger partial charge in [0.1, 0.15) is 11.3 Å². The first-order chi connectivity index (χ1) is 10.8. The van der Waals surface area contributed by atoms with Gasteiger partial charge in [-0.25, -0.2) is 4.68 Å². The average molecular weight is 292 g/mol. The van der Waals surface area contributed by atoms with Gasteiger partial charge in [0, 0.05) is 16.5 Å². The molecule has 0 amide bonds. The summed E-state index contributed by atoms with van der Waals surface area (Å²) in [5.41, 5.74) is 4.88. The van der Waals surface area contributed by atoms with Crippen molar-refractivity contribution in [1.29, 1.82) is 5.26 Å². The van der Waals surface area contributed by atoms with Crippen LogP contribution in [0.3, 0.4) is 0 Å². The number of aromatic nitrogens is 3. The molecule has 2 aliphatic rings. The van der Waals surface area contributed by atoms with Crippen molar-refractivity contribution in [2.75, 3.05) is 0 Å². The molecule has 2 heterocycles. The third-order valence-corrected chi connectivity index (χ3v) is 4.49. The maximum absolute atomic E-state index is 12.4. The van der Waals surface area contributed by atoms with Gasteiger partial charge in [0.25, 0.3) is 5.56 Å². The van der Waals surface area contributed by atoms with Crippen molar-refractivity contribution in [3.8, 4) is 6.07 Å². The summed E-state index contributed by atoms with van der Waals surface area (Å²) >= 11 is 0. The fraction of sp³-hybridized carbons (Fsp3) is 0.353. The van der Waals surface area contributed by atoms with Crippen molar-refractivity contribution >= 4 is 16.6 Å². The first-order valence-electron chi connectivity index (χ1n) is 7.70. The van der Waals surface area contributed by atoms with E-state index >= 15 is 0 Å². The molecule has 0 aliphatic heterocycles. The van der Waals surface area contributed by atoms with E-state index < -0.39 is 0 Å². The lowest BCUT2D eigenvalue weighted by atomic mass is 9.89. The topological polar surface area (TPSA) is 74.5 Å². The smallest absolute Gasteiger partial charge is 0.253 e. The highest BCUT2D eigenvalue weighted by atomic mass is 16.1. The van der Waals surface area contributed by atoms with E-state index in [-0.39, 0.29) is 5.56 Å². The second-order valence-corrected chi connectivity index (χ2v) is 5.80. The third-order valence-electron chi connectivity index (χ3n) is 4.49. The van der Waals surface area contributed by atoms with Gasteiger partial charge in [-0.2, -0.15) is 10.4 Å². The molecule has 22 heavy (non-hydrogen) atoms. The van der Waals surface area contributed by atoms with Gasteiger partial charge in [-0.1, -0.05) is 18.2 Å². The van der Waals surface area contributed by atoms with Crippen molar-refractivity contribution in [3.63, 3.8) is 0 Å². The van der Waals surface area contributed by atoms with Crippen molar-refractivity contribution < 1.29 is 0 Å². The Hall–Kier alpha value is -2.61. The van der Waals surface area contributed by atoms with Crippen LogP contribution in [0.25, 0.3) is 16.6 Å². The molecule has 1 N–H and O–H groups in total. The van der Waals surface area contributed by atoms with Crippen LogP contribution in [0, 0.1) is 11.3 Å². The molecule has 2 aromatic rings. The number of hydrogen-bond donors (Lipinski definition) is 1. The molecule has 2 aliphatic carbocycles. The maximum Gasteiger partial charge on any atom is 0.253 e. The standard InChI is InChI=1S/C17H16N4O/c18-9-4-10-21-16-14(15(20-21)11-5-3-6-11)12-7-1-2-8-13(12)17(22)19-16/h3,5-6H,1-2,4,7-8,10H2,(H,19,22). The molecule has 0 spiro atoms. The Morgan fingerprint density at radius 2 is 2.09 bits per heavy atom. The average Bonchev–Trinajstić information content (AvgIpc) is 2.82. The van der Waals surface area contributed by atoms with Gasteiger partial charge in [-0.15, -0.1) is 0 Å². The largest absolute Gasteiger partial charge is 0.307 e. The lowest BCUT2D eigenvalue weighted by Gasteiger charge is -2.16. The highest BCUT2D eigenvalue weighted by molar-refractivity contribution is 5.96. The summed E-state index contributed by atoms with van der Waals surface area (Å²) in [6.07, 6.45) is 10.4. The molecule has 4 rings (SSSR count). The van der Waals surface area contributed by atoms with Crippen LogP contribution in [-0.2, 0) is 19.4 Å². The molecular weight excluding hydrogens is 276 g/mol. The molecule has 2 aromatic heterocycles. The van der Waals surface area contributed by atoms with E-state index in [1.165, 1.54) is 0 Å². The molecule has 0 fully saturated rings. The summed E-state index contributed by atoms with van der Waals surface area (Å²) in [6.45, 7) is 0.499. The highest BCUT2D eigenvalue weighted by Gasteiger charge is 2.24. The Bertz CT molecular complexity index is 921. The molecule has 0 saturated carbocycles. The van der Waals surface area contributed by atoms with Crippen molar-refractivity contribution in [2.24, 2.45) is 0 Å². The van der Waals surface area contributed by atoms with E-state index in [1.54, 1.807) is 4.68 Å². The summed E-state index contributed by atoms with van der Waals surface area (Å²) in [4.78, 5) is 15.4. The normalized spacial score (nSPS) is 16.0.